The monoisotopic (exact) mass is 319 g/mol. The summed E-state index contributed by atoms with van der Waals surface area (Å²) >= 11 is 0. The van der Waals surface area contributed by atoms with E-state index in [1.807, 2.05) is 0 Å². The minimum Gasteiger partial charge on any atom is -0.469 e. The van der Waals surface area contributed by atoms with Crippen LogP contribution in [0.3, 0.4) is 0 Å². The molecule has 1 aliphatic rings. The van der Waals surface area contributed by atoms with Crippen LogP contribution < -0.4 is 0 Å². The number of carbonyl (C=O) groups is 3. The van der Waals surface area contributed by atoms with Crippen molar-refractivity contribution in [2.75, 3.05) is 20.3 Å². The van der Waals surface area contributed by atoms with Gasteiger partial charge in [0, 0.05) is 13.0 Å². The van der Waals surface area contributed by atoms with Crippen LogP contribution in [-0.4, -0.2) is 48.5 Å². The average Bonchev–Trinajstić information content (AvgIpc) is 2.79. The largest absolute Gasteiger partial charge is 0.469 e. The van der Waals surface area contributed by atoms with Crippen molar-refractivity contribution in [3.05, 3.63) is 35.4 Å². The molecule has 0 fully saturated rings. The highest BCUT2D eigenvalue weighted by Gasteiger charge is 2.43. The predicted octanol–water partition coefficient (Wildman–Crippen LogP) is 2.03. The van der Waals surface area contributed by atoms with Gasteiger partial charge in [-0.2, -0.15) is 0 Å². The van der Waals surface area contributed by atoms with Gasteiger partial charge in [-0.3, -0.25) is 19.3 Å². The van der Waals surface area contributed by atoms with E-state index in [9.17, 15) is 14.4 Å². The lowest BCUT2D eigenvalue weighted by Crippen LogP contribution is -2.50. The van der Waals surface area contributed by atoms with Crippen molar-refractivity contribution in [3.8, 4) is 0 Å². The Morgan fingerprint density at radius 2 is 1.70 bits per heavy atom. The van der Waals surface area contributed by atoms with Gasteiger partial charge in [0.25, 0.3) is 11.8 Å². The zero-order chi connectivity index (χ0) is 17.0. The van der Waals surface area contributed by atoms with Gasteiger partial charge in [0.15, 0.2) is 0 Å². The summed E-state index contributed by atoms with van der Waals surface area (Å²) in [6.07, 6.45) is 0.814. The number of esters is 1. The number of hydrogen-bond acceptors (Lipinski definition) is 5. The van der Waals surface area contributed by atoms with Crippen LogP contribution in [0.2, 0.25) is 0 Å². The highest BCUT2D eigenvalue weighted by Crippen LogP contribution is 2.29. The molecule has 23 heavy (non-hydrogen) atoms. The molecule has 1 aromatic carbocycles. The van der Waals surface area contributed by atoms with Gasteiger partial charge in [-0.1, -0.05) is 12.1 Å². The first-order valence-corrected chi connectivity index (χ1v) is 7.51. The maximum Gasteiger partial charge on any atom is 0.305 e. The smallest absolute Gasteiger partial charge is 0.305 e. The SMILES string of the molecule is COC(=O)CCCOCC(C)(C)N1C(=O)c2ccccc2C1=O. The molecule has 6 nitrogen and oxygen atoms in total. The van der Waals surface area contributed by atoms with E-state index in [0.29, 0.717) is 24.2 Å². The fourth-order valence-corrected chi connectivity index (χ4v) is 2.55. The Hall–Kier alpha value is -2.21. The lowest BCUT2D eigenvalue weighted by Gasteiger charge is -2.33. The predicted molar refractivity (Wildman–Crippen MR) is 83.1 cm³/mol. The van der Waals surface area contributed by atoms with Gasteiger partial charge in [-0.15, -0.1) is 0 Å². The summed E-state index contributed by atoms with van der Waals surface area (Å²) in [4.78, 5) is 37.2. The molecule has 0 radical (unpaired) electrons. The first kappa shape index (κ1) is 17.1. The normalized spacial score (nSPS) is 14.1. The van der Waals surface area contributed by atoms with Crippen LogP contribution in [0.25, 0.3) is 0 Å². The van der Waals surface area contributed by atoms with E-state index in [0.717, 1.165) is 0 Å². The fraction of sp³-hybridized carbons (Fsp3) is 0.471. The standard InChI is InChI=1S/C17H21NO5/c1-17(2,11-23-10-6-9-14(19)22-3)18-15(20)12-7-4-5-8-13(12)16(18)21/h4-5,7-8H,6,9-11H2,1-3H3. The molecule has 1 aliphatic heterocycles. The van der Waals surface area contributed by atoms with E-state index < -0.39 is 5.54 Å². The van der Waals surface area contributed by atoms with E-state index in [2.05, 4.69) is 4.74 Å². The molecule has 0 saturated carbocycles. The van der Waals surface area contributed by atoms with Crippen LogP contribution in [-0.2, 0) is 14.3 Å². The van der Waals surface area contributed by atoms with Crippen LogP contribution in [0, 0.1) is 0 Å². The molecule has 0 saturated heterocycles. The summed E-state index contributed by atoms with van der Waals surface area (Å²) in [6, 6.07) is 6.79. The molecule has 0 unspecified atom stereocenters. The van der Waals surface area contributed by atoms with Crippen molar-refractivity contribution < 1.29 is 23.9 Å². The Morgan fingerprint density at radius 3 is 2.22 bits per heavy atom. The molecule has 2 amide bonds. The van der Waals surface area contributed by atoms with Crippen molar-refractivity contribution in [2.24, 2.45) is 0 Å². The number of rotatable bonds is 7. The van der Waals surface area contributed by atoms with Crippen LogP contribution in [0.4, 0.5) is 0 Å². The van der Waals surface area contributed by atoms with Gasteiger partial charge in [-0.25, -0.2) is 0 Å². The van der Waals surface area contributed by atoms with E-state index in [1.165, 1.54) is 12.0 Å². The highest BCUT2D eigenvalue weighted by molar-refractivity contribution is 6.21. The minimum atomic E-state index is -0.765. The molecule has 124 valence electrons. The third kappa shape index (κ3) is 3.59. The summed E-state index contributed by atoms with van der Waals surface area (Å²) in [5, 5.41) is 0. The molecular weight excluding hydrogens is 298 g/mol. The third-order valence-electron chi connectivity index (χ3n) is 3.75. The van der Waals surface area contributed by atoms with E-state index in [4.69, 9.17) is 4.74 Å². The molecule has 0 aliphatic carbocycles. The van der Waals surface area contributed by atoms with Gasteiger partial charge in [0.1, 0.15) is 0 Å². The molecular formula is C17H21NO5. The van der Waals surface area contributed by atoms with Crippen molar-refractivity contribution in [2.45, 2.75) is 32.2 Å². The van der Waals surface area contributed by atoms with Gasteiger partial charge in [-0.05, 0) is 32.4 Å². The minimum absolute atomic E-state index is 0.208. The van der Waals surface area contributed by atoms with Crippen LogP contribution in [0.15, 0.2) is 24.3 Å². The Labute approximate surface area is 135 Å². The summed E-state index contributed by atoms with van der Waals surface area (Å²) in [6.45, 7) is 4.14. The van der Waals surface area contributed by atoms with E-state index >= 15 is 0 Å². The first-order chi connectivity index (χ1) is 10.9. The van der Waals surface area contributed by atoms with Crippen LogP contribution >= 0.6 is 0 Å². The number of benzene rings is 1. The number of fused-ring (bicyclic) bond motifs is 1. The number of hydrogen-bond donors (Lipinski definition) is 0. The summed E-state index contributed by atoms with van der Waals surface area (Å²) < 4.78 is 10.1. The Kier molecular flexibility index (Phi) is 5.15. The van der Waals surface area contributed by atoms with Crippen molar-refractivity contribution in [1.82, 2.24) is 4.90 Å². The Morgan fingerprint density at radius 1 is 1.13 bits per heavy atom. The second kappa shape index (κ2) is 6.91. The zero-order valence-electron chi connectivity index (χ0n) is 13.6. The summed E-state index contributed by atoms with van der Waals surface area (Å²) in [5.41, 5.74) is 0.0888. The molecule has 1 aromatic rings. The van der Waals surface area contributed by atoms with Gasteiger partial charge < -0.3 is 9.47 Å². The maximum atomic E-state index is 12.5. The van der Waals surface area contributed by atoms with Crippen molar-refractivity contribution >= 4 is 17.8 Å². The summed E-state index contributed by atoms with van der Waals surface area (Å²) in [5.74, 6) is -0.879. The van der Waals surface area contributed by atoms with Gasteiger partial charge >= 0.3 is 5.97 Å². The lowest BCUT2D eigenvalue weighted by molar-refractivity contribution is -0.141. The fourth-order valence-electron chi connectivity index (χ4n) is 2.55. The average molecular weight is 319 g/mol. The molecule has 2 rings (SSSR count). The number of ether oxygens (including phenoxy) is 2. The van der Waals surface area contributed by atoms with Gasteiger partial charge in [0.2, 0.25) is 0 Å². The number of amides is 2. The number of nitrogens with zero attached hydrogens (tertiary/aromatic N) is 1. The second-order valence-electron chi connectivity index (χ2n) is 6.04. The highest BCUT2D eigenvalue weighted by atomic mass is 16.5. The van der Waals surface area contributed by atoms with Crippen molar-refractivity contribution in [1.29, 1.82) is 0 Å². The molecule has 1 heterocycles. The quantitative estimate of drug-likeness (QED) is 0.437. The number of methoxy groups -OCH3 is 1. The molecule has 0 N–H and O–H groups in total. The molecule has 0 spiro atoms. The van der Waals surface area contributed by atoms with E-state index in [1.54, 1.807) is 38.1 Å². The number of imide groups is 1. The van der Waals surface area contributed by atoms with Gasteiger partial charge in [0.05, 0.1) is 30.4 Å². The summed E-state index contributed by atoms with van der Waals surface area (Å²) in [7, 11) is 1.34. The molecule has 0 atom stereocenters. The third-order valence-corrected chi connectivity index (χ3v) is 3.75. The Bertz CT molecular complexity index is 588. The van der Waals surface area contributed by atoms with E-state index in [-0.39, 0.29) is 30.8 Å². The van der Waals surface area contributed by atoms with Crippen LogP contribution in [0.5, 0.6) is 0 Å². The molecule has 6 heteroatoms. The second-order valence-corrected chi connectivity index (χ2v) is 6.04. The maximum absolute atomic E-state index is 12.5. The molecule has 0 bridgehead atoms. The zero-order valence-corrected chi connectivity index (χ0v) is 13.6. The molecule has 0 aromatic heterocycles. The number of carbonyl (C=O) groups excluding carboxylic acids is 3. The first-order valence-electron chi connectivity index (χ1n) is 7.51. The van der Waals surface area contributed by atoms with Crippen molar-refractivity contribution in [3.63, 3.8) is 0 Å². The lowest BCUT2D eigenvalue weighted by atomic mass is 10.0. The van der Waals surface area contributed by atoms with Crippen LogP contribution in [0.1, 0.15) is 47.4 Å². The topological polar surface area (TPSA) is 72.9 Å². The Balaban J connectivity index is 1.94.